The largest absolute Gasteiger partial charge is 0.490 e. The molecule has 2 nitrogen and oxygen atoms in total. The van der Waals surface area contributed by atoms with Crippen LogP contribution in [0.5, 0.6) is 5.75 Å². The third kappa shape index (κ3) is 2.86. The standard InChI is InChI=1S/C17H15ClO2/c1-11-9-13(5-8-16(11)18)17(19)12-3-2-4-15(10-12)20-14-6-7-14/h2-5,8-10,14H,6-7H2,1H3. The second-order valence-electron chi connectivity index (χ2n) is 5.14. The van der Waals surface area contributed by atoms with Crippen molar-refractivity contribution < 1.29 is 9.53 Å². The van der Waals surface area contributed by atoms with E-state index in [1.165, 1.54) is 0 Å². The Morgan fingerprint density at radius 1 is 1.15 bits per heavy atom. The molecular formula is C17H15ClO2. The second-order valence-corrected chi connectivity index (χ2v) is 5.55. The number of ketones is 1. The molecule has 1 aliphatic rings. The summed E-state index contributed by atoms with van der Waals surface area (Å²) in [6.07, 6.45) is 2.54. The van der Waals surface area contributed by atoms with E-state index < -0.39 is 0 Å². The first-order valence-electron chi connectivity index (χ1n) is 6.71. The zero-order chi connectivity index (χ0) is 14.1. The molecule has 0 N–H and O–H groups in total. The van der Waals surface area contributed by atoms with E-state index in [-0.39, 0.29) is 5.78 Å². The number of benzene rings is 2. The van der Waals surface area contributed by atoms with Gasteiger partial charge in [0, 0.05) is 16.1 Å². The van der Waals surface area contributed by atoms with Crippen molar-refractivity contribution in [3.8, 4) is 5.75 Å². The van der Waals surface area contributed by atoms with Gasteiger partial charge in [0.25, 0.3) is 0 Å². The maximum absolute atomic E-state index is 12.5. The average Bonchev–Trinajstić information content (AvgIpc) is 3.25. The SMILES string of the molecule is Cc1cc(C(=O)c2cccc(OC3CC3)c2)ccc1Cl. The summed E-state index contributed by atoms with van der Waals surface area (Å²) in [7, 11) is 0. The number of hydrogen-bond donors (Lipinski definition) is 0. The van der Waals surface area contributed by atoms with Gasteiger partial charge in [-0.05, 0) is 55.7 Å². The molecule has 1 fully saturated rings. The van der Waals surface area contributed by atoms with Gasteiger partial charge in [-0.15, -0.1) is 0 Å². The fourth-order valence-electron chi connectivity index (χ4n) is 2.04. The number of hydrogen-bond acceptors (Lipinski definition) is 2. The molecule has 0 bridgehead atoms. The Labute approximate surface area is 123 Å². The van der Waals surface area contributed by atoms with Crippen molar-refractivity contribution >= 4 is 17.4 Å². The van der Waals surface area contributed by atoms with Crippen molar-refractivity contribution in [2.45, 2.75) is 25.9 Å². The number of carbonyl (C=O) groups is 1. The topological polar surface area (TPSA) is 26.3 Å². The Kier molecular flexibility index (Phi) is 3.49. The summed E-state index contributed by atoms with van der Waals surface area (Å²) in [4.78, 5) is 12.5. The van der Waals surface area contributed by atoms with Crippen LogP contribution in [-0.4, -0.2) is 11.9 Å². The number of rotatable bonds is 4. The van der Waals surface area contributed by atoms with Crippen LogP contribution in [0.25, 0.3) is 0 Å². The van der Waals surface area contributed by atoms with E-state index in [1.807, 2.05) is 37.3 Å². The van der Waals surface area contributed by atoms with Crippen LogP contribution in [0.1, 0.15) is 34.3 Å². The number of halogens is 1. The van der Waals surface area contributed by atoms with Crippen LogP contribution >= 0.6 is 11.6 Å². The fourth-order valence-corrected chi connectivity index (χ4v) is 2.16. The van der Waals surface area contributed by atoms with Gasteiger partial charge >= 0.3 is 0 Å². The highest BCUT2D eigenvalue weighted by molar-refractivity contribution is 6.31. The van der Waals surface area contributed by atoms with Crippen molar-refractivity contribution in [2.75, 3.05) is 0 Å². The van der Waals surface area contributed by atoms with Crippen molar-refractivity contribution in [3.05, 3.63) is 64.2 Å². The van der Waals surface area contributed by atoms with E-state index in [4.69, 9.17) is 16.3 Å². The van der Waals surface area contributed by atoms with E-state index in [2.05, 4.69) is 0 Å². The van der Waals surface area contributed by atoms with Crippen LogP contribution in [0.15, 0.2) is 42.5 Å². The van der Waals surface area contributed by atoms with Crippen molar-refractivity contribution in [3.63, 3.8) is 0 Å². The third-order valence-corrected chi connectivity index (χ3v) is 3.77. The molecule has 0 aliphatic heterocycles. The van der Waals surface area contributed by atoms with Crippen LogP contribution < -0.4 is 4.74 Å². The molecule has 0 unspecified atom stereocenters. The summed E-state index contributed by atoms with van der Waals surface area (Å²) in [5, 5.41) is 0.673. The molecule has 0 amide bonds. The molecule has 0 spiro atoms. The Hall–Kier alpha value is -1.80. The molecule has 102 valence electrons. The molecule has 0 aromatic heterocycles. The molecular weight excluding hydrogens is 272 g/mol. The fraction of sp³-hybridized carbons (Fsp3) is 0.235. The lowest BCUT2D eigenvalue weighted by Gasteiger charge is -2.07. The average molecular weight is 287 g/mol. The maximum Gasteiger partial charge on any atom is 0.193 e. The van der Waals surface area contributed by atoms with Crippen LogP contribution in [0.4, 0.5) is 0 Å². The van der Waals surface area contributed by atoms with Gasteiger partial charge in [0.15, 0.2) is 5.78 Å². The number of ether oxygens (including phenoxy) is 1. The normalized spacial score (nSPS) is 14.1. The molecule has 2 aromatic carbocycles. The predicted molar refractivity (Wildman–Crippen MR) is 79.7 cm³/mol. The van der Waals surface area contributed by atoms with Gasteiger partial charge in [-0.3, -0.25) is 4.79 Å². The molecule has 0 saturated heterocycles. The Morgan fingerprint density at radius 2 is 1.90 bits per heavy atom. The lowest BCUT2D eigenvalue weighted by molar-refractivity contribution is 0.103. The highest BCUT2D eigenvalue weighted by Gasteiger charge is 2.23. The summed E-state index contributed by atoms with van der Waals surface area (Å²) in [5.41, 5.74) is 2.20. The highest BCUT2D eigenvalue weighted by atomic mass is 35.5. The lowest BCUT2D eigenvalue weighted by Crippen LogP contribution is -2.03. The van der Waals surface area contributed by atoms with E-state index >= 15 is 0 Å². The van der Waals surface area contributed by atoms with Crippen molar-refractivity contribution in [1.29, 1.82) is 0 Å². The first-order valence-corrected chi connectivity index (χ1v) is 7.09. The van der Waals surface area contributed by atoms with Crippen LogP contribution in [0, 0.1) is 6.92 Å². The molecule has 0 heterocycles. The van der Waals surface area contributed by atoms with Gasteiger partial charge in [0.1, 0.15) is 5.75 Å². The summed E-state index contributed by atoms with van der Waals surface area (Å²) in [6.45, 7) is 1.89. The monoisotopic (exact) mass is 286 g/mol. The minimum absolute atomic E-state index is 0.00832. The molecule has 0 atom stereocenters. The Morgan fingerprint density at radius 3 is 2.60 bits per heavy atom. The predicted octanol–water partition coefficient (Wildman–Crippen LogP) is 4.42. The lowest BCUT2D eigenvalue weighted by atomic mass is 10.0. The molecule has 1 aliphatic carbocycles. The summed E-state index contributed by atoms with van der Waals surface area (Å²) in [6, 6.07) is 12.7. The van der Waals surface area contributed by atoms with E-state index in [1.54, 1.807) is 12.1 Å². The zero-order valence-corrected chi connectivity index (χ0v) is 12.0. The van der Waals surface area contributed by atoms with Crippen LogP contribution in [0.3, 0.4) is 0 Å². The maximum atomic E-state index is 12.5. The number of carbonyl (C=O) groups excluding carboxylic acids is 1. The van der Waals surface area contributed by atoms with Crippen molar-refractivity contribution in [1.82, 2.24) is 0 Å². The highest BCUT2D eigenvalue weighted by Crippen LogP contribution is 2.27. The van der Waals surface area contributed by atoms with Gasteiger partial charge in [0.2, 0.25) is 0 Å². The molecule has 0 radical (unpaired) electrons. The molecule has 2 aromatic rings. The van der Waals surface area contributed by atoms with E-state index in [0.29, 0.717) is 22.3 Å². The third-order valence-electron chi connectivity index (χ3n) is 3.34. The van der Waals surface area contributed by atoms with Crippen LogP contribution in [0.2, 0.25) is 5.02 Å². The van der Waals surface area contributed by atoms with E-state index in [0.717, 1.165) is 24.2 Å². The quantitative estimate of drug-likeness (QED) is 0.778. The minimum Gasteiger partial charge on any atom is -0.490 e. The Balaban J connectivity index is 1.86. The number of aryl methyl sites for hydroxylation is 1. The smallest absolute Gasteiger partial charge is 0.193 e. The minimum atomic E-state index is -0.00832. The van der Waals surface area contributed by atoms with Gasteiger partial charge in [-0.1, -0.05) is 23.7 Å². The first-order chi connectivity index (χ1) is 9.63. The summed E-state index contributed by atoms with van der Waals surface area (Å²) in [5.74, 6) is 0.759. The van der Waals surface area contributed by atoms with Gasteiger partial charge in [0.05, 0.1) is 6.10 Å². The molecule has 20 heavy (non-hydrogen) atoms. The Bertz CT molecular complexity index is 660. The zero-order valence-electron chi connectivity index (χ0n) is 11.2. The molecule has 1 saturated carbocycles. The summed E-state index contributed by atoms with van der Waals surface area (Å²) >= 11 is 5.99. The second kappa shape index (κ2) is 5.29. The molecule has 3 heteroatoms. The van der Waals surface area contributed by atoms with Crippen molar-refractivity contribution in [2.24, 2.45) is 0 Å². The van der Waals surface area contributed by atoms with E-state index in [9.17, 15) is 4.79 Å². The van der Waals surface area contributed by atoms with Gasteiger partial charge < -0.3 is 4.74 Å². The molecule has 3 rings (SSSR count). The van der Waals surface area contributed by atoms with Gasteiger partial charge in [-0.25, -0.2) is 0 Å². The summed E-state index contributed by atoms with van der Waals surface area (Å²) < 4.78 is 5.72. The van der Waals surface area contributed by atoms with Crippen LogP contribution in [-0.2, 0) is 0 Å². The first kappa shape index (κ1) is 13.2. The van der Waals surface area contributed by atoms with Gasteiger partial charge in [-0.2, -0.15) is 0 Å².